The molecule has 23 heavy (non-hydrogen) atoms. The molecular weight excluding hydrogens is 292 g/mol. The number of pyridine rings is 1. The summed E-state index contributed by atoms with van der Waals surface area (Å²) in [6, 6.07) is 3.84. The predicted molar refractivity (Wildman–Crippen MR) is 84.4 cm³/mol. The number of amides is 1. The summed E-state index contributed by atoms with van der Waals surface area (Å²) in [6.07, 6.45) is 9.74. The number of hydrogen-bond acceptors (Lipinski definition) is 5. The van der Waals surface area contributed by atoms with Crippen molar-refractivity contribution in [2.75, 3.05) is 13.1 Å². The minimum absolute atomic E-state index is 0.0223. The van der Waals surface area contributed by atoms with Crippen molar-refractivity contribution in [3.05, 3.63) is 54.4 Å². The third-order valence-electron chi connectivity index (χ3n) is 4.20. The number of aliphatic hydroxyl groups is 1. The largest absolute Gasteiger partial charge is 0.391 e. The first-order chi connectivity index (χ1) is 11.2. The van der Waals surface area contributed by atoms with Crippen molar-refractivity contribution in [3.8, 4) is 0 Å². The van der Waals surface area contributed by atoms with E-state index in [1.54, 1.807) is 35.9 Å². The summed E-state index contributed by atoms with van der Waals surface area (Å²) in [5.74, 6) is 0.101. The molecule has 6 nitrogen and oxygen atoms in total. The first kappa shape index (κ1) is 15.6. The lowest BCUT2D eigenvalue weighted by molar-refractivity contribution is -0.130. The second-order valence-electron chi connectivity index (χ2n) is 5.89. The summed E-state index contributed by atoms with van der Waals surface area (Å²) in [5.41, 5.74) is 1.90. The topological polar surface area (TPSA) is 79.2 Å². The summed E-state index contributed by atoms with van der Waals surface area (Å²) in [4.78, 5) is 26.4. The van der Waals surface area contributed by atoms with Crippen LogP contribution in [0.3, 0.4) is 0 Å². The van der Waals surface area contributed by atoms with Crippen molar-refractivity contribution in [2.45, 2.75) is 25.4 Å². The fraction of sp³-hybridized carbons (Fsp3) is 0.412. The van der Waals surface area contributed by atoms with E-state index in [4.69, 9.17) is 0 Å². The molecule has 3 heterocycles. The zero-order chi connectivity index (χ0) is 16.1. The molecule has 1 aliphatic heterocycles. The van der Waals surface area contributed by atoms with Crippen LogP contribution in [0.2, 0.25) is 0 Å². The molecule has 1 fully saturated rings. The van der Waals surface area contributed by atoms with Gasteiger partial charge in [-0.3, -0.25) is 19.7 Å². The molecule has 1 N–H and O–H groups in total. The Kier molecular flexibility index (Phi) is 4.92. The van der Waals surface area contributed by atoms with Gasteiger partial charge in [-0.2, -0.15) is 0 Å². The summed E-state index contributed by atoms with van der Waals surface area (Å²) >= 11 is 0. The van der Waals surface area contributed by atoms with E-state index in [0.29, 0.717) is 32.4 Å². The number of β-amino-alcohol motifs (C(OH)–C–C–N with tert-alkyl or cyclic N) is 1. The standard InChI is InChI=1S/C17H20N4O2/c22-16-12-21(11-14(16)8-15-10-19-6-7-20-15)17(23)4-3-13-2-1-5-18-9-13/h1-2,5-7,9-10,14,16,22H,3-4,8,11-12H2/t14-,16-/m1/s1. The molecular formula is C17H20N4O2. The molecule has 1 aliphatic rings. The smallest absolute Gasteiger partial charge is 0.223 e. The minimum atomic E-state index is -0.501. The molecule has 2 atom stereocenters. The molecule has 0 unspecified atom stereocenters. The number of likely N-dealkylation sites (tertiary alicyclic amines) is 1. The van der Waals surface area contributed by atoms with Crippen LogP contribution in [-0.2, 0) is 17.6 Å². The van der Waals surface area contributed by atoms with E-state index in [1.165, 1.54) is 0 Å². The maximum Gasteiger partial charge on any atom is 0.223 e. The van der Waals surface area contributed by atoms with E-state index >= 15 is 0 Å². The van der Waals surface area contributed by atoms with Crippen LogP contribution in [0.5, 0.6) is 0 Å². The molecule has 2 aromatic heterocycles. The van der Waals surface area contributed by atoms with Gasteiger partial charge in [-0.25, -0.2) is 0 Å². The molecule has 3 rings (SSSR count). The van der Waals surface area contributed by atoms with Crippen molar-refractivity contribution in [3.63, 3.8) is 0 Å². The fourth-order valence-electron chi connectivity index (χ4n) is 2.92. The normalized spacial score (nSPS) is 20.7. The lowest BCUT2D eigenvalue weighted by Crippen LogP contribution is -2.29. The SMILES string of the molecule is O=C(CCc1cccnc1)N1C[C@@H](Cc2cnccn2)[C@H](O)C1. The number of carbonyl (C=O) groups is 1. The van der Waals surface area contributed by atoms with E-state index < -0.39 is 6.10 Å². The van der Waals surface area contributed by atoms with E-state index in [0.717, 1.165) is 11.3 Å². The average molecular weight is 312 g/mol. The van der Waals surface area contributed by atoms with Crippen LogP contribution in [0.1, 0.15) is 17.7 Å². The molecule has 6 heteroatoms. The minimum Gasteiger partial charge on any atom is -0.391 e. The molecule has 0 radical (unpaired) electrons. The Hall–Kier alpha value is -2.34. The van der Waals surface area contributed by atoms with Crippen molar-refractivity contribution in [1.29, 1.82) is 0 Å². The Labute approximate surface area is 135 Å². The van der Waals surface area contributed by atoms with Crippen LogP contribution in [0.25, 0.3) is 0 Å². The maximum absolute atomic E-state index is 12.3. The number of aromatic nitrogens is 3. The first-order valence-electron chi connectivity index (χ1n) is 7.82. The monoisotopic (exact) mass is 312 g/mol. The predicted octanol–water partition coefficient (Wildman–Crippen LogP) is 0.866. The van der Waals surface area contributed by atoms with Gasteiger partial charge in [0.15, 0.2) is 0 Å². The third kappa shape index (κ3) is 4.10. The van der Waals surface area contributed by atoms with Crippen LogP contribution < -0.4 is 0 Å². The Balaban J connectivity index is 1.52. The Morgan fingerprint density at radius 3 is 2.83 bits per heavy atom. The van der Waals surface area contributed by atoms with Crippen LogP contribution in [0, 0.1) is 5.92 Å². The molecule has 2 aromatic rings. The highest BCUT2D eigenvalue weighted by atomic mass is 16.3. The van der Waals surface area contributed by atoms with Crippen LogP contribution >= 0.6 is 0 Å². The Morgan fingerprint density at radius 1 is 1.22 bits per heavy atom. The molecule has 1 saturated heterocycles. The quantitative estimate of drug-likeness (QED) is 0.886. The van der Waals surface area contributed by atoms with Gasteiger partial charge >= 0.3 is 0 Å². The number of aryl methyl sites for hydroxylation is 1. The maximum atomic E-state index is 12.3. The van der Waals surface area contributed by atoms with Gasteiger partial charge in [0.2, 0.25) is 5.91 Å². The van der Waals surface area contributed by atoms with Crippen LogP contribution in [0.15, 0.2) is 43.1 Å². The molecule has 1 amide bonds. The molecule has 120 valence electrons. The van der Waals surface area contributed by atoms with E-state index in [9.17, 15) is 9.90 Å². The van der Waals surface area contributed by atoms with Gasteiger partial charge in [0.25, 0.3) is 0 Å². The van der Waals surface area contributed by atoms with E-state index in [1.807, 2.05) is 12.1 Å². The van der Waals surface area contributed by atoms with E-state index in [-0.39, 0.29) is 11.8 Å². The van der Waals surface area contributed by atoms with Gasteiger partial charge in [0.05, 0.1) is 11.8 Å². The fourth-order valence-corrected chi connectivity index (χ4v) is 2.92. The number of rotatable bonds is 5. The van der Waals surface area contributed by atoms with Crippen molar-refractivity contribution in [2.24, 2.45) is 5.92 Å². The molecule has 0 saturated carbocycles. The van der Waals surface area contributed by atoms with Crippen LogP contribution in [0.4, 0.5) is 0 Å². The molecule has 0 aliphatic carbocycles. The highest BCUT2D eigenvalue weighted by molar-refractivity contribution is 5.76. The van der Waals surface area contributed by atoms with Gasteiger partial charge in [0, 0.05) is 56.4 Å². The number of nitrogens with zero attached hydrogens (tertiary/aromatic N) is 4. The van der Waals surface area contributed by atoms with E-state index in [2.05, 4.69) is 15.0 Å². The zero-order valence-electron chi connectivity index (χ0n) is 12.9. The summed E-state index contributed by atoms with van der Waals surface area (Å²) in [5, 5.41) is 10.2. The van der Waals surface area contributed by atoms with Gasteiger partial charge < -0.3 is 10.0 Å². The Morgan fingerprint density at radius 2 is 2.09 bits per heavy atom. The van der Waals surface area contributed by atoms with Gasteiger partial charge in [-0.1, -0.05) is 6.07 Å². The van der Waals surface area contributed by atoms with Crippen molar-refractivity contribution in [1.82, 2.24) is 19.9 Å². The first-order valence-corrected chi connectivity index (χ1v) is 7.82. The Bertz CT molecular complexity index is 636. The highest BCUT2D eigenvalue weighted by Crippen LogP contribution is 2.21. The lowest BCUT2D eigenvalue weighted by Gasteiger charge is -2.16. The summed E-state index contributed by atoms with van der Waals surface area (Å²) in [7, 11) is 0. The molecule has 0 bridgehead atoms. The lowest BCUT2D eigenvalue weighted by atomic mass is 10.0. The van der Waals surface area contributed by atoms with Gasteiger partial charge in [-0.05, 0) is 24.5 Å². The number of hydrogen-bond donors (Lipinski definition) is 1. The van der Waals surface area contributed by atoms with Crippen molar-refractivity contribution < 1.29 is 9.90 Å². The highest BCUT2D eigenvalue weighted by Gasteiger charge is 2.33. The zero-order valence-corrected chi connectivity index (χ0v) is 12.9. The summed E-state index contributed by atoms with van der Waals surface area (Å²) < 4.78 is 0. The van der Waals surface area contributed by atoms with Crippen molar-refractivity contribution >= 4 is 5.91 Å². The summed E-state index contributed by atoms with van der Waals surface area (Å²) in [6.45, 7) is 0.973. The third-order valence-corrected chi connectivity index (χ3v) is 4.20. The average Bonchev–Trinajstić information content (AvgIpc) is 2.95. The second-order valence-corrected chi connectivity index (χ2v) is 5.89. The molecule has 0 spiro atoms. The molecule has 0 aromatic carbocycles. The van der Waals surface area contributed by atoms with Gasteiger partial charge in [-0.15, -0.1) is 0 Å². The number of aliphatic hydroxyl groups excluding tert-OH is 1. The van der Waals surface area contributed by atoms with Crippen LogP contribution in [-0.4, -0.2) is 50.1 Å². The number of carbonyl (C=O) groups excluding carboxylic acids is 1. The second kappa shape index (κ2) is 7.28. The van der Waals surface area contributed by atoms with Gasteiger partial charge in [0.1, 0.15) is 0 Å².